The minimum absolute atomic E-state index is 0.0737. The van der Waals surface area contributed by atoms with Gasteiger partial charge in [-0.3, -0.25) is 4.79 Å². The van der Waals surface area contributed by atoms with E-state index in [-0.39, 0.29) is 17.1 Å². The molecule has 1 aromatic heterocycles. The topological polar surface area (TPSA) is 42.2 Å². The Morgan fingerprint density at radius 1 is 1.26 bits per heavy atom. The Hall–Kier alpha value is -2.33. The van der Waals surface area contributed by atoms with E-state index in [1.54, 1.807) is 32.9 Å². The quantitative estimate of drug-likeness (QED) is 0.533. The molecule has 142 valence electrons. The average molecular weight is 388 g/mol. The molecule has 5 heteroatoms. The Balaban J connectivity index is 2.10. The van der Waals surface area contributed by atoms with Crippen molar-refractivity contribution in [1.29, 1.82) is 0 Å². The molecule has 0 spiro atoms. The molecular weight excluding hydrogens is 365 g/mol. The Labute approximate surface area is 163 Å². The van der Waals surface area contributed by atoms with E-state index in [0.29, 0.717) is 29.1 Å². The van der Waals surface area contributed by atoms with Crippen molar-refractivity contribution < 1.29 is 14.3 Å². The molecule has 0 atom stereocenters. The van der Waals surface area contributed by atoms with Gasteiger partial charge < -0.3 is 9.67 Å². The number of fused-ring (bicyclic) bond motifs is 1. The highest BCUT2D eigenvalue weighted by Crippen LogP contribution is 2.34. The summed E-state index contributed by atoms with van der Waals surface area (Å²) in [4.78, 5) is 12.1. The van der Waals surface area contributed by atoms with Crippen molar-refractivity contribution in [3.63, 3.8) is 0 Å². The molecule has 0 bridgehead atoms. The first-order valence-corrected chi connectivity index (χ1v) is 9.33. The van der Waals surface area contributed by atoms with Crippen LogP contribution in [0, 0.1) is 6.92 Å². The third-order valence-corrected chi connectivity index (χ3v) is 5.27. The summed E-state index contributed by atoms with van der Waals surface area (Å²) in [6, 6.07) is 8.81. The van der Waals surface area contributed by atoms with E-state index in [4.69, 9.17) is 11.6 Å². The molecule has 0 saturated carbocycles. The summed E-state index contributed by atoms with van der Waals surface area (Å²) in [7, 11) is 0. The fourth-order valence-electron chi connectivity index (χ4n) is 3.39. The standard InChI is InChI=1S/C22H23ClFNO2/c1-5-19(26)16-6-7-18(23)17(21(16)27)12-25-9-8-14-11-15(22(3,4)24)10-13(2)20(14)25/h6-11,27H,5,12H2,1-4H3. The number of benzene rings is 2. The number of aromatic nitrogens is 1. The third-order valence-electron chi connectivity index (χ3n) is 4.91. The maximum atomic E-state index is 14.4. The highest BCUT2D eigenvalue weighted by Gasteiger charge is 2.21. The van der Waals surface area contributed by atoms with Crippen LogP contribution in [-0.4, -0.2) is 15.5 Å². The zero-order valence-electron chi connectivity index (χ0n) is 15.9. The largest absolute Gasteiger partial charge is 0.507 e. The van der Waals surface area contributed by atoms with Crippen LogP contribution in [0.2, 0.25) is 5.02 Å². The van der Waals surface area contributed by atoms with Gasteiger partial charge in [0.2, 0.25) is 0 Å². The smallest absolute Gasteiger partial charge is 0.166 e. The van der Waals surface area contributed by atoms with Crippen molar-refractivity contribution in [2.75, 3.05) is 0 Å². The molecule has 0 unspecified atom stereocenters. The molecule has 0 saturated heterocycles. The second-order valence-corrected chi connectivity index (χ2v) is 7.75. The number of carbonyl (C=O) groups is 1. The van der Waals surface area contributed by atoms with Crippen LogP contribution in [0.25, 0.3) is 10.9 Å². The van der Waals surface area contributed by atoms with Gasteiger partial charge in [-0.15, -0.1) is 0 Å². The fourth-order valence-corrected chi connectivity index (χ4v) is 3.61. The number of hydrogen-bond acceptors (Lipinski definition) is 2. The second-order valence-electron chi connectivity index (χ2n) is 7.35. The van der Waals surface area contributed by atoms with Crippen LogP contribution in [0.5, 0.6) is 5.75 Å². The molecule has 1 heterocycles. The van der Waals surface area contributed by atoms with Crippen LogP contribution in [0.3, 0.4) is 0 Å². The normalized spacial score (nSPS) is 11.9. The summed E-state index contributed by atoms with van der Waals surface area (Å²) in [6.45, 7) is 7.09. The van der Waals surface area contributed by atoms with Gasteiger partial charge in [0.25, 0.3) is 0 Å². The average Bonchev–Trinajstić information content (AvgIpc) is 3.00. The molecule has 27 heavy (non-hydrogen) atoms. The Morgan fingerprint density at radius 2 is 1.96 bits per heavy atom. The predicted molar refractivity (Wildman–Crippen MR) is 108 cm³/mol. The number of nitrogens with zero attached hydrogens (tertiary/aromatic N) is 1. The minimum Gasteiger partial charge on any atom is -0.507 e. The van der Waals surface area contributed by atoms with Gasteiger partial charge in [-0.05, 0) is 56.2 Å². The minimum atomic E-state index is -1.42. The lowest BCUT2D eigenvalue weighted by molar-refractivity contribution is 0.0985. The van der Waals surface area contributed by atoms with Crippen molar-refractivity contribution >= 4 is 28.3 Å². The van der Waals surface area contributed by atoms with Crippen LogP contribution in [-0.2, 0) is 12.2 Å². The van der Waals surface area contributed by atoms with Crippen LogP contribution in [0.1, 0.15) is 54.2 Å². The van der Waals surface area contributed by atoms with E-state index < -0.39 is 5.67 Å². The van der Waals surface area contributed by atoms with E-state index >= 15 is 0 Å². The Bertz CT molecular complexity index is 1030. The van der Waals surface area contributed by atoms with Crippen molar-refractivity contribution in [3.05, 3.63) is 63.8 Å². The molecule has 3 nitrogen and oxygen atoms in total. The number of halogens is 2. The number of aromatic hydroxyl groups is 1. The summed E-state index contributed by atoms with van der Waals surface area (Å²) in [5.74, 6) is -0.204. The number of phenolic OH excluding ortho intramolecular Hbond substituents is 1. The first-order valence-electron chi connectivity index (χ1n) is 8.96. The number of Topliss-reactive ketones (excluding diaryl/α,β-unsaturated/α-hetero) is 1. The van der Waals surface area contributed by atoms with E-state index in [1.165, 1.54) is 0 Å². The molecule has 0 aliphatic heterocycles. The number of alkyl halides is 1. The number of aryl methyl sites for hydroxylation is 1. The molecule has 0 aliphatic carbocycles. The van der Waals surface area contributed by atoms with Gasteiger partial charge in [0.05, 0.1) is 17.6 Å². The van der Waals surface area contributed by atoms with Gasteiger partial charge in [0.1, 0.15) is 11.4 Å². The van der Waals surface area contributed by atoms with E-state index in [1.807, 2.05) is 35.9 Å². The van der Waals surface area contributed by atoms with Gasteiger partial charge in [-0.25, -0.2) is 4.39 Å². The Morgan fingerprint density at radius 3 is 2.59 bits per heavy atom. The molecular formula is C22H23ClFNO2. The highest BCUT2D eigenvalue weighted by atomic mass is 35.5. The summed E-state index contributed by atoms with van der Waals surface area (Å²) in [5, 5.41) is 11.9. The maximum absolute atomic E-state index is 14.4. The van der Waals surface area contributed by atoms with Crippen molar-refractivity contribution in [1.82, 2.24) is 4.57 Å². The molecule has 3 rings (SSSR count). The number of rotatable bonds is 5. The number of carbonyl (C=O) groups excluding carboxylic acids is 1. The molecule has 2 aromatic carbocycles. The summed E-state index contributed by atoms with van der Waals surface area (Å²) >= 11 is 6.31. The number of hydrogen-bond donors (Lipinski definition) is 1. The van der Waals surface area contributed by atoms with Crippen molar-refractivity contribution in [2.45, 2.75) is 46.3 Å². The van der Waals surface area contributed by atoms with Crippen molar-refractivity contribution in [3.8, 4) is 5.75 Å². The number of phenols is 1. The highest BCUT2D eigenvalue weighted by molar-refractivity contribution is 6.31. The summed E-state index contributed by atoms with van der Waals surface area (Å²) in [5.41, 5.74) is 1.88. The van der Waals surface area contributed by atoms with Crippen LogP contribution in [0.4, 0.5) is 4.39 Å². The second kappa shape index (κ2) is 7.01. The molecule has 1 N–H and O–H groups in total. The maximum Gasteiger partial charge on any atom is 0.166 e. The zero-order chi connectivity index (χ0) is 19.9. The molecule has 0 radical (unpaired) electrons. The molecule has 0 aliphatic rings. The van der Waals surface area contributed by atoms with Crippen LogP contribution < -0.4 is 0 Å². The van der Waals surface area contributed by atoms with Gasteiger partial charge in [-0.2, -0.15) is 0 Å². The van der Waals surface area contributed by atoms with Gasteiger partial charge >= 0.3 is 0 Å². The lowest BCUT2D eigenvalue weighted by Gasteiger charge is -2.17. The first kappa shape index (κ1) is 19.4. The lowest BCUT2D eigenvalue weighted by atomic mass is 9.96. The first-order chi connectivity index (χ1) is 12.6. The van der Waals surface area contributed by atoms with E-state index in [9.17, 15) is 14.3 Å². The monoisotopic (exact) mass is 387 g/mol. The van der Waals surface area contributed by atoms with Gasteiger partial charge in [-0.1, -0.05) is 24.6 Å². The summed E-state index contributed by atoms with van der Waals surface area (Å²) < 4.78 is 16.3. The van der Waals surface area contributed by atoms with Crippen LogP contribution >= 0.6 is 11.6 Å². The predicted octanol–water partition coefficient (Wildman–Crippen LogP) is 6.15. The van der Waals surface area contributed by atoms with E-state index in [0.717, 1.165) is 16.5 Å². The number of ketones is 1. The third kappa shape index (κ3) is 3.59. The zero-order valence-corrected chi connectivity index (χ0v) is 16.7. The molecule has 3 aromatic rings. The Kier molecular flexibility index (Phi) is 5.04. The SMILES string of the molecule is CCC(=O)c1ccc(Cl)c(Cn2ccc3cc(C(C)(C)F)cc(C)c32)c1O. The van der Waals surface area contributed by atoms with E-state index in [2.05, 4.69) is 0 Å². The van der Waals surface area contributed by atoms with Gasteiger partial charge in [0, 0.05) is 28.6 Å². The van der Waals surface area contributed by atoms with Crippen molar-refractivity contribution in [2.24, 2.45) is 0 Å². The van der Waals surface area contributed by atoms with Gasteiger partial charge in [0.15, 0.2) is 5.78 Å². The molecule has 0 amide bonds. The van der Waals surface area contributed by atoms with Crippen LogP contribution in [0.15, 0.2) is 36.5 Å². The fraction of sp³-hybridized carbons (Fsp3) is 0.318. The molecule has 0 fully saturated rings. The summed E-state index contributed by atoms with van der Waals surface area (Å²) in [6.07, 6.45) is 2.19. The lowest BCUT2D eigenvalue weighted by Crippen LogP contribution is -2.09.